The molecule has 0 spiro atoms. The van der Waals surface area contributed by atoms with Gasteiger partial charge in [-0.2, -0.15) is 5.10 Å². The third-order valence-electron chi connectivity index (χ3n) is 4.06. The molecule has 1 aromatic heterocycles. The topological polar surface area (TPSA) is 46.9 Å². The fourth-order valence-corrected chi connectivity index (χ4v) is 2.76. The Morgan fingerprint density at radius 2 is 1.88 bits per heavy atom. The molecule has 0 radical (unpaired) electrons. The van der Waals surface area contributed by atoms with Gasteiger partial charge in [0.2, 0.25) is 5.91 Å². The average molecular weight is 355 g/mol. The van der Waals surface area contributed by atoms with E-state index in [2.05, 4.69) is 10.4 Å². The van der Waals surface area contributed by atoms with Gasteiger partial charge in [0.1, 0.15) is 11.6 Å². The van der Waals surface area contributed by atoms with Crippen LogP contribution in [0.3, 0.4) is 0 Å². The molecule has 1 N–H and O–H groups in total. The molecule has 26 heavy (non-hydrogen) atoms. The first-order valence-corrected chi connectivity index (χ1v) is 8.31. The molecule has 0 atom stereocenters. The monoisotopic (exact) mass is 355 g/mol. The van der Waals surface area contributed by atoms with Crippen LogP contribution in [0.5, 0.6) is 0 Å². The number of hydrogen-bond donors (Lipinski definition) is 1. The molecule has 134 valence electrons. The number of carbonyl (C=O) groups is 1. The summed E-state index contributed by atoms with van der Waals surface area (Å²) >= 11 is 0. The van der Waals surface area contributed by atoms with E-state index in [-0.39, 0.29) is 24.4 Å². The third-order valence-corrected chi connectivity index (χ3v) is 4.06. The summed E-state index contributed by atoms with van der Waals surface area (Å²) in [4.78, 5) is 12.1. The highest BCUT2D eigenvalue weighted by molar-refractivity contribution is 5.76. The third kappa shape index (κ3) is 4.33. The molecule has 0 bridgehead atoms. The maximum absolute atomic E-state index is 13.6. The Hall–Kier alpha value is -3.02. The van der Waals surface area contributed by atoms with Gasteiger partial charge in [-0.3, -0.25) is 9.48 Å². The van der Waals surface area contributed by atoms with Crippen molar-refractivity contribution in [3.05, 3.63) is 77.5 Å². The molecule has 1 amide bonds. The van der Waals surface area contributed by atoms with Gasteiger partial charge in [0.25, 0.3) is 0 Å². The van der Waals surface area contributed by atoms with Crippen molar-refractivity contribution in [2.45, 2.75) is 19.4 Å². The van der Waals surface area contributed by atoms with Gasteiger partial charge in [-0.05, 0) is 18.1 Å². The van der Waals surface area contributed by atoms with E-state index in [0.717, 1.165) is 22.9 Å². The van der Waals surface area contributed by atoms with E-state index < -0.39 is 11.6 Å². The fraction of sp³-hybridized carbons (Fsp3) is 0.200. The first-order valence-electron chi connectivity index (χ1n) is 8.31. The predicted molar refractivity (Wildman–Crippen MR) is 95.2 cm³/mol. The number of nitrogens with one attached hydrogen (secondary N) is 1. The van der Waals surface area contributed by atoms with Crippen molar-refractivity contribution in [2.24, 2.45) is 7.05 Å². The molecule has 2 aromatic carbocycles. The normalized spacial score (nSPS) is 10.7. The number of halogens is 2. The number of nitrogens with zero attached hydrogens (tertiary/aromatic N) is 2. The summed E-state index contributed by atoms with van der Waals surface area (Å²) in [6, 6.07) is 13.1. The summed E-state index contributed by atoms with van der Waals surface area (Å²) in [6.07, 6.45) is 2.68. The Morgan fingerprint density at radius 3 is 2.62 bits per heavy atom. The van der Waals surface area contributed by atoms with Gasteiger partial charge in [0.15, 0.2) is 0 Å². The Bertz CT molecular complexity index is 907. The second-order valence-corrected chi connectivity index (χ2v) is 6.06. The molecule has 3 aromatic rings. The SMILES string of the molecule is Cn1cc(CCC(=O)NCc2ccc(F)cc2F)c(-c2ccccc2)n1. The first-order chi connectivity index (χ1) is 12.5. The van der Waals surface area contributed by atoms with Crippen molar-refractivity contribution in [3.8, 4) is 11.3 Å². The number of amides is 1. The summed E-state index contributed by atoms with van der Waals surface area (Å²) < 4.78 is 28.2. The Kier molecular flexibility index (Phi) is 5.41. The molecule has 0 saturated carbocycles. The molecule has 0 unspecified atom stereocenters. The number of aryl methyl sites for hydroxylation is 2. The summed E-state index contributed by atoms with van der Waals surface area (Å²) in [5, 5.41) is 7.14. The average Bonchev–Trinajstić information content (AvgIpc) is 3.01. The number of benzene rings is 2. The van der Waals surface area contributed by atoms with E-state index in [1.54, 1.807) is 4.68 Å². The van der Waals surface area contributed by atoms with E-state index in [1.165, 1.54) is 12.1 Å². The molecule has 0 aliphatic rings. The molecule has 3 rings (SSSR count). The van der Waals surface area contributed by atoms with E-state index in [0.29, 0.717) is 6.42 Å². The number of hydrogen-bond acceptors (Lipinski definition) is 2. The van der Waals surface area contributed by atoms with Crippen molar-refractivity contribution in [1.82, 2.24) is 15.1 Å². The van der Waals surface area contributed by atoms with Gasteiger partial charge in [0.05, 0.1) is 5.69 Å². The molecule has 6 heteroatoms. The number of carbonyl (C=O) groups excluding carboxylic acids is 1. The molecule has 0 aliphatic carbocycles. The maximum atomic E-state index is 13.6. The molecule has 4 nitrogen and oxygen atoms in total. The van der Waals surface area contributed by atoms with Crippen LogP contribution in [-0.4, -0.2) is 15.7 Å². The van der Waals surface area contributed by atoms with E-state index in [4.69, 9.17) is 0 Å². The highest BCUT2D eigenvalue weighted by Crippen LogP contribution is 2.22. The van der Waals surface area contributed by atoms with Crippen LogP contribution in [0, 0.1) is 11.6 Å². The molecular weight excluding hydrogens is 336 g/mol. The first kappa shape index (κ1) is 17.8. The summed E-state index contributed by atoms with van der Waals surface area (Å²) in [6.45, 7) is 0.0313. The lowest BCUT2D eigenvalue weighted by molar-refractivity contribution is -0.121. The molecule has 0 aliphatic heterocycles. The van der Waals surface area contributed by atoms with Crippen LogP contribution in [0.2, 0.25) is 0 Å². The minimum absolute atomic E-state index is 0.0313. The van der Waals surface area contributed by atoms with Crippen molar-refractivity contribution in [3.63, 3.8) is 0 Å². The number of aromatic nitrogens is 2. The second-order valence-electron chi connectivity index (χ2n) is 6.06. The minimum atomic E-state index is -0.663. The molecule has 0 saturated heterocycles. The number of rotatable bonds is 6. The summed E-state index contributed by atoms with van der Waals surface area (Å²) in [7, 11) is 1.84. The predicted octanol–water partition coefficient (Wildman–Crippen LogP) is 3.61. The zero-order valence-corrected chi connectivity index (χ0v) is 14.4. The van der Waals surface area contributed by atoms with Gasteiger partial charge in [-0.1, -0.05) is 36.4 Å². The van der Waals surface area contributed by atoms with Crippen LogP contribution in [0.4, 0.5) is 8.78 Å². The van der Waals surface area contributed by atoms with Gasteiger partial charge in [-0.25, -0.2) is 8.78 Å². The lowest BCUT2D eigenvalue weighted by Crippen LogP contribution is -2.23. The quantitative estimate of drug-likeness (QED) is 0.734. The minimum Gasteiger partial charge on any atom is -0.352 e. The molecular formula is C20H19F2N3O. The van der Waals surface area contributed by atoms with Crippen LogP contribution >= 0.6 is 0 Å². The van der Waals surface area contributed by atoms with Crippen molar-refractivity contribution in [1.29, 1.82) is 0 Å². The highest BCUT2D eigenvalue weighted by atomic mass is 19.1. The zero-order valence-electron chi connectivity index (χ0n) is 14.4. The van der Waals surface area contributed by atoms with Gasteiger partial charge in [0, 0.05) is 43.4 Å². The summed E-state index contributed by atoms with van der Waals surface area (Å²) in [5.74, 6) is -1.50. The van der Waals surface area contributed by atoms with E-state index in [9.17, 15) is 13.6 Å². The molecule has 0 fully saturated rings. The zero-order chi connectivity index (χ0) is 18.5. The van der Waals surface area contributed by atoms with Crippen molar-refractivity contribution < 1.29 is 13.6 Å². The van der Waals surface area contributed by atoms with Crippen LogP contribution in [0.15, 0.2) is 54.7 Å². The van der Waals surface area contributed by atoms with Crippen LogP contribution in [0.1, 0.15) is 17.5 Å². The Morgan fingerprint density at radius 1 is 1.12 bits per heavy atom. The van der Waals surface area contributed by atoms with Crippen molar-refractivity contribution in [2.75, 3.05) is 0 Å². The lowest BCUT2D eigenvalue weighted by Gasteiger charge is -2.07. The van der Waals surface area contributed by atoms with E-state index in [1.807, 2.05) is 43.6 Å². The van der Waals surface area contributed by atoms with Gasteiger partial charge >= 0.3 is 0 Å². The lowest BCUT2D eigenvalue weighted by atomic mass is 10.0. The second kappa shape index (κ2) is 7.91. The highest BCUT2D eigenvalue weighted by Gasteiger charge is 2.12. The van der Waals surface area contributed by atoms with Gasteiger partial charge in [-0.15, -0.1) is 0 Å². The largest absolute Gasteiger partial charge is 0.352 e. The Labute approximate surface area is 150 Å². The van der Waals surface area contributed by atoms with E-state index >= 15 is 0 Å². The Balaban J connectivity index is 1.60. The van der Waals surface area contributed by atoms with Crippen molar-refractivity contribution >= 4 is 5.91 Å². The van der Waals surface area contributed by atoms with Crippen LogP contribution in [0.25, 0.3) is 11.3 Å². The van der Waals surface area contributed by atoms with Gasteiger partial charge < -0.3 is 5.32 Å². The van der Waals surface area contributed by atoms with Crippen LogP contribution in [-0.2, 0) is 24.8 Å². The fourth-order valence-electron chi connectivity index (χ4n) is 2.76. The standard InChI is InChI=1S/C20H19F2N3O/c1-25-13-16(20(24-25)14-5-3-2-4-6-14)8-10-19(26)23-12-15-7-9-17(21)11-18(15)22/h2-7,9,11,13H,8,10,12H2,1H3,(H,23,26). The molecule has 1 heterocycles. The maximum Gasteiger partial charge on any atom is 0.220 e. The van der Waals surface area contributed by atoms with Crippen LogP contribution < -0.4 is 5.32 Å². The smallest absolute Gasteiger partial charge is 0.220 e. The summed E-state index contributed by atoms with van der Waals surface area (Å²) in [5.41, 5.74) is 3.08.